The Balaban J connectivity index is 2.47. The van der Waals surface area contributed by atoms with Gasteiger partial charge in [0, 0.05) is 11.8 Å². The first-order chi connectivity index (χ1) is 11.3. The van der Waals surface area contributed by atoms with Crippen molar-refractivity contribution in [2.24, 2.45) is 0 Å². The lowest BCUT2D eigenvalue weighted by Gasteiger charge is -2.28. The summed E-state index contributed by atoms with van der Waals surface area (Å²) in [7, 11) is 0. The minimum atomic E-state index is -0.914. The van der Waals surface area contributed by atoms with Crippen LogP contribution in [0.5, 0.6) is 5.75 Å². The molecule has 9 nitrogen and oxygen atoms in total. The van der Waals surface area contributed by atoms with E-state index < -0.39 is 34.4 Å². The molecule has 0 spiro atoms. The van der Waals surface area contributed by atoms with Crippen LogP contribution < -0.4 is 10.6 Å². The number of rotatable bonds is 5. The number of urea groups is 1. The second kappa shape index (κ2) is 6.99. The summed E-state index contributed by atoms with van der Waals surface area (Å²) in [5, 5.41) is 25.6. The number of aromatic hydroxyl groups is 1. The molecule has 1 aromatic carbocycles. The monoisotopic (exact) mass is 335 g/mol. The van der Waals surface area contributed by atoms with E-state index in [-0.39, 0.29) is 17.7 Å². The molecule has 0 unspecified atom stereocenters. The number of benzene rings is 1. The molecule has 2 amide bonds. The van der Waals surface area contributed by atoms with E-state index in [1.54, 1.807) is 6.92 Å². The molecule has 0 saturated heterocycles. The molecule has 24 heavy (non-hydrogen) atoms. The van der Waals surface area contributed by atoms with Crippen molar-refractivity contribution in [3.05, 3.63) is 45.1 Å². The fourth-order valence-corrected chi connectivity index (χ4v) is 2.35. The van der Waals surface area contributed by atoms with E-state index in [1.165, 1.54) is 6.07 Å². The third kappa shape index (κ3) is 3.45. The Morgan fingerprint density at radius 2 is 2.17 bits per heavy atom. The molecular weight excluding hydrogens is 318 g/mol. The summed E-state index contributed by atoms with van der Waals surface area (Å²) in [6.07, 6.45) is 0.632. The van der Waals surface area contributed by atoms with Crippen molar-refractivity contribution in [1.82, 2.24) is 10.6 Å². The summed E-state index contributed by atoms with van der Waals surface area (Å²) in [6, 6.07) is 2.21. The van der Waals surface area contributed by atoms with E-state index >= 15 is 0 Å². The van der Waals surface area contributed by atoms with E-state index in [4.69, 9.17) is 4.74 Å². The minimum absolute atomic E-state index is 0.156. The fourth-order valence-electron chi connectivity index (χ4n) is 2.35. The first kappa shape index (κ1) is 17.3. The summed E-state index contributed by atoms with van der Waals surface area (Å²) < 4.78 is 5.12. The number of phenolic OH excluding ortho intramolecular Hbond substituents is 1. The van der Waals surface area contributed by atoms with Crippen LogP contribution >= 0.6 is 0 Å². The molecule has 1 atom stereocenters. The van der Waals surface area contributed by atoms with E-state index in [0.717, 1.165) is 12.1 Å². The van der Waals surface area contributed by atoms with Crippen LogP contribution in [0.1, 0.15) is 31.9 Å². The zero-order chi connectivity index (χ0) is 17.9. The maximum atomic E-state index is 12.3. The topological polar surface area (TPSA) is 131 Å². The number of ether oxygens (including phenoxy) is 1. The molecule has 128 valence electrons. The Morgan fingerprint density at radius 3 is 2.79 bits per heavy atom. The van der Waals surface area contributed by atoms with Gasteiger partial charge in [0.05, 0.1) is 23.1 Å². The highest BCUT2D eigenvalue weighted by Gasteiger charge is 2.33. The van der Waals surface area contributed by atoms with Crippen LogP contribution in [0.25, 0.3) is 0 Å². The number of hydrogen-bond donors (Lipinski definition) is 3. The van der Waals surface area contributed by atoms with Gasteiger partial charge in [-0.25, -0.2) is 9.59 Å². The molecule has 0 fully saturated rings. The number of phenols is 1. The van der Waals surface area contributed by atoms with Gasteiger partial charge >= 0.3 is 17.7 Å². The SMILES string of the molecule is CCCOC(=O)C1=C(C)NC(=O)N[C@@H]1c1ccc(O)c([N+](=O)[O-])c1. The molecule has 0 saturated carbocycles. The van der Waals surface area contributed by atoms with Gasteiger partial charge in [-0.15, -0.1) is 0 Å². The number of carbonyl (C=O) groups excluding carboxylic acids is 2. The predicted molar refractivity (Wildman–Crippen MR) is 83.1 cm³/mol. The van der Waals surface area contributed by atoms with Crippen LogP contribution in [-0.4, -0.2) is 28.6 Å². The van der Waals surface area contributed by atoms with E-state index in [0.29, 0.717) is 12.1 Å². The summed E-state index contributed by atoms with van der Waals surface area (Å²) in [5.74, 6) is -1.12. The Kier molecular flexibility index (Phi) is 5.02. The summed E-state index contributed by atoms with van der Waals surface area (Å²) in [5.41, 5.74) is 0.236. The number of nitro groups is 1. The number of nitrogens with one attached hydrogen (secondary N) is 2. The number of allylic oxidation sites excluding steroid dienone is 1. The summed E-state index contributed by atoms with van der Waals surface area (Å²) in [6.45, 7) is 3.60. The molecule has 0 bridgehead atoms. The largest absolute Gasteiger partial charge is 0.502 e. The van der Waals surface area contributed by atoms with Gasteiger partial charge in [0.25, 0.3) is 0 Å². The number of carbonyl (C=O) groups is 2. The Hall–Kier alpha value is -3.10. The van der Waals surface area contributed by atoms with E-state index in [1.807, 2.05) is 6.92 Å². The number of nitro benzene ring substituents is 1. The number of hydrogen-bond acceptors (Lipinski definition) is 6. The highest BCUT2D eigenvalue weighted by Crippen LogP contribution is 2.33. The average molecular weight is 335 g/mol. The normalized spacial score (nSPS) is 17.1. The Morgan fingerprint density at radius 1 is 1.46 bits per heavy atom. The van der Waals surface area contributed by atoms with Crippen molar-refractivity contribution in [1.29, 1.82) is 0 Å². The van der Waals surface area contributed by atoms with Crippen LogP contribution in [0, 0.1) is 10.1 Å². The van der Waals surface area contributed by atoms with E-state index in [2.05, 4.69) is 10.6 Å². The highest BCUT2D eigenvalue weighted by atomic mass is 16.6. The predicted octanol–water partition coefficient (Wildman–Crippen LogP) is 1.88. The van der Waals surface area contributed by atoms with Crippen molar-refractivity contribution >= 4 is 17.7 Å². The molecule has 0 radical (unpaired) electrons. The first-order valence-electron chi connectivity index (χ1n) is 7.27. The Labute approximate surface area is 137 Å². The molecule has 0 aliphatic carbocycles. The van der Waals surface area contributed by atoms with E-state index in [9.17, 15) is 24.8 Å². The maximum absolute atomic E-state index is 12.3. The van der Waals surface area contributed by atoms with Gasteiger partial charge in [-0.3, -0.25) is 10.1 Å². The first-order valence-corrected chi connectivity index (χ1v) is 7.27. The van der Waals surface area contributed by atoms with Gasteiger partial charge in [-0.1, -0.05) is 13.0 Å². The summed E-state index contributed by atoms with van der Waals surface area (Å²) >= 11 is 0. The third-order valence-electron chi connectivity index (χ3n) is 3.46. The molecule has 1 aliphatic heterocycles. The molecule has 1 aromatic rings. The zero-order valence-corrected chi connectivity index (χ0v) is 13.2. The van der Waals surface area contributed by atoms with Gasteiger partial charge in [0.2, 0.25) is 0 Å². The van der Waals surface area contributed by atoms with Crippen molar-refractivity contribution in [3.63, 3.8) is 0 Å². The average Bonchev–Trinajstić information content (AvgIpc) is 2.52. The molecular formula is C15H17N3O6. The van der Waals surface area contributed by atoms with Gasteiger partial charge in [-0.2, -0.15) is 0 Å². The number of esters is 1. The number of amides is 2. The van der Waals surface area contributed by atoms with Crippen LogP contribution in [0.15, 0.2) is 29.5 Å². The second-order valence-electron chi connectivity index (χ2n) is 5.21. The van der Waals surface area contributed by atoms with Crippen molar-refractivity contribution in [2.75, 3.05) is 6.61 Å². The third-order valence-corrected chi connectivity index (χ3v) is 3.46. The molecule has 9 heteroatoms. The molecule has 2 rings (SSSR count). The van der Waals surface area contributed by atoms with Crippen molar-refractivity contribution in [3.8, 4) is 5.75 Å². The van der Waals surface area contributed by atoms with Crippen LogP contribution in [-0.2, 0) is 9.53 Å². The lowest BCUT2D eigenvalue weighted by molar-refractivity contribution is -0.385. The summed E-state index contributed by atoms with van der Waals surface area (Å²) in [4.78, 5) is 34.3. The van der Waals surface area contributed by atoms with Gasteiger partial charge < -0.3 is 20.5 Å². The minimum Gasteiger partial charge on any atom is -0.502 e. The van der Waals surface area contributed by atoms with Gasteiger partial charge in [0.15, 0.2) is 5.75 Å². The molecule has 1 heterocycles. The van der Waals surface area contributed by atoms with Crippen molar-refractivity contribution in [2.45, 2.75) is 26.3 Å². The van der Waals surface area contributed by atoms with Gasteiger partial charge in [-0.05, 0) is 25.0 Å². The Bertz CT molecular complexity index is 728. The standard InChI is InChI=1S/C15H17N3O6/c1-3-6-24-14(20)12-8(2)16-15(21)17-13(12)9-4-5-11(19)10(7-9)18(22)23/h4-5,7,13,19H,3,6H2,1-2H3,(H2,16,17,21)/t13-/m1/s1. The second-order valence-corrected chi connectivity index (χ2v) is 5.21. The van der Waals surface area contributed by atoms with Crippen LogP contribution in [0.4, 0.5) is 10.5 Å². The highest BCUT2D eigenvalue weighted by molar-refractivity contribution is 5.95. The fraction of sp³-hybridized carbons (Fsp3) is 0.333. The lowest BCUT2D eigenvalue weighted by Crippen LogP contribution is -2.45. The lowest BCUT2D eigenvalue weighted by atomic mass is 9.95. The van der Waals surface area contributed by atoms with Crippen LogP contribution in [0.2, 0.25) is 0 Å². The quantitative estimate of drug-likeness (QED) is 0.428. The molecule has 1 aliphatic rings. The molecule has 3 N–H and O–H groups in total. The number of nitrogens with zero attached hydrogens (tertiary/aromatic N) is 1. The molecule has 0 aromatic heterocycles. The van der Waals surface area contributed by atoms with Crippen molar-refractivity contribution < 1.29 is 24.4 Å². The van der Waals surface area contributed by atoms with Gasteiger partial charge in [0.1, 0.15) is 0 Å². The van der Waals surface area contributed by atoms with Crippen LogP contribution in [0.3, 0.4) is 0 Å². The smallest absolute Gasteiger partial charge is 0.338 e. The maximum Gasteiger partial charge on any atom is 0.338 e. The zero-order valence-electron chi connectivity index (χ0n) is 13.2.